The number of rotatable bonds is 3. The van der Waals surface area contributed by atoms with E-state index in [9.17, 15) is 14.7 Å². The molecule has 140 valence electrons. The van der Waals surface area contributed by atoms with Crippen LogP contribution in [0.4, 0.5) is 0 Å². The van der Waals surface area contributed by atoms with E-state index in [1.54, 1.807) is 49.5 Å². The van der Waals surface area contributed by atoms with Gasteiger partial charge in [-0.15, -0.1) is 0 Å². The molecule has 0 spiro atoms. The average Bonchev–Trinajstić information content (AvgIpc) is 3.21. The second-order valence-electron chi connectivity index (χ2n) is 6.86. The standard InChI is InChI=1S/C20H17N5O3/c1-24-8-7-20(28,19(24)27)13-3-2-4-14(10-13)25-16-6-5-12(11-21)9-15(16)17(23-25)18(22)26/h2-6,9-10,28H,7-8H2,1H3,(H2,22,26)/t20-/m1/s1. The largest absolute Gasteiger partial charge is 0.375 e. The van der Waals surface area contributed by atoms with Crippen LogP contribution in [0, 0.1) is 11.3 Å². The lowest BCUT2D eigenvalue weighted by molar-refractivity contribution is -0.143. The number of amides is 2. The number of benzene rings is 2. The highest BCUT2D eigenvalue weighted by molar-refractivity contribution is 6.04. The summed E-state index contributed by atoms with van der Waals surface area (Å²) in [5.41, 5.74) is 5.92. The highest BCUT2D eigenvalue weighted by Crippen LogP contribution is 2.34. The number of nitriles is 1. The van der Waals surface area contributed by atoms with Crippen LogP contribution in [0.25, 0.3) is 16.6 Å². The molecule has 1 fully saturated rings. The number of likely N-dealkylation sites (tertiary alicyclic amines) is 1. The van der Waals surface area contributed by atoms with E-state index in [-0.39, 0.29) is 11.6 Å². The average molecular weight is 375 g/mol. The van der Waals surface area contributed by atoms with Gasteiger partial charge >= 0.3 is 0 Å². The van der Waals surface area contributed by atoms with Gasteiger partial charge in [-0.05, 0) is 35.9 Å². The molecule has 1 aliphatic heterocycles. The molecule has 1 atom stereocenters. The number of nitrogens with two attached hydrogens (primary N) is 1. The van der Waals surface area contributed by atoms with Gasteiger partial charge in [-0.2, -0.15) is 10.4 Å². The third-order valence-corrected chi connectivity index (χ3v) is 5.12. The van der Waals surface area contributed by atoms with E-state index in [4.69, 9.17) is 11.0 Å². The monoisotopic (exact) mass is 375 g/mol. The van der Waals surface area contributed by atoms with Gasteiger partial charge in [-0.3, -0.25) is 9.59 Å². The van der Waals surface area contributed by atoms with Crippen LogP contribution >= 0.6 is 0 Å². The lowest BCUT2D eigenvalue weighted by atomic mass is 9.92. The molecule has 0 bridgehead atoms. The Morgan fingerprint density at radius 1 is 1.32 bits per heavy atom. The van der Waals surface area contributed by atoms with Crippen molar-refractivity contribution in [3.05, 3.63) is 59.3 Å². The van der Waals surface area contributed by atoms with Crippen LogP contribution in [0.1, 0.15) is 28.0 Å². The number of carbonyl (C=O) groups excluding carboxylic acids is 2. The van der Waals surface area contributed by atoms with Crippen LogP contribution < -0.4 is 5.73 Å². The molecule has 28 heavy (non-hydrogen) atoms. The minimum Gasteiger partial charge on any atom is -0.375 e. The van der Waals surface area contributed by atoms with E-state index in [0.717, 1.165) is 0 Å². The van der Waals surface area contributed by atoms with Gasteiger partial charge in [0, 0.05) is 25.4 Å². The minimum atomic E-state index is -1.59. The highest BCUT2D eigenvalue weighted by atomic mass is 16.3. The number of fused-ring (bicyclic) bond motifs is 1. The molecule has 2 aromatic carbocycles. The first-order valence-corrected chi connectivity index (χ1v) is 8.66. The molecule has 3 N–H and O–H groups in total. The topological polar surface area (TPSA) is 125 Å². The molecule has 1 saturated heterocycles. The number of likely N-dealkylation sites (N-methyl/N-ethyl adjacent to an activating group) is 1. The van der Waals surface area contributed by atoms with Gasteiger partial charge in [0.1, 0.15) is 0 Å². The first-order chi connectivity index (χ1) is 13.3. The van der Waals surface area contributed by atoms with Crippen molar-refractivity contribution in [2.24, 2.45) is 5.73 Å². The molecule has 0 radical (unpaired) electrons. The second kappa shape index (κ2) is 6.18. The SMILES string of the molecule is CN1CC[C@@](O)(c2cccc(-n3nc(C(N)=O)c4cc(C#N)ccc43)c2)C1=O. The summed E-state index contributed by atoms with van der Waals surface area (Å²) in [7, 11) is 1.65. The van der Waals surface area contributed by atoms with Gasteiger partial charge in [-0.25, -0.2) is 4.68 Å². The maximum Gasteiger partial charge on any atom is 0.269 e. The number of primary amides is 1. The minimum absolute atomic E-state index is 0.0490. The van der Waals surface area contributed by atoms with Crippen LogP contribution in [0.15, 0.2) is 42.5 Å². The number of aliphatic hydroxyl groups is 1. The molecule has 3 aromatic rings. The normalized spacial score (nSPS) is 19.2. The number of hydrogen-bond acceptors (Lipinski definition) is 5. The number of hydrogen-bond donors (Lipinski definition) is 2. The molecule has 1 aliphatic rings. The molecule has 0 saturated carbocycles. The zero-order chi connectivity index (χ0) is 20.1. The van der Waals surface area contributed by atoms with E-state index in [1.807, 2.05) is 6.07 Å². The maximum absolute atomic E-state index is 12.4. The van der Waals surface area contributed by atoms with Crippen molar-refractivity contribution in [2.45, 2.75) is 12.0 Å². The summed E-state index contributed by atoms with van der Waals surface area (Å²) in [6, 6.07) is 13.7. The molecule has 4 rings (SSSR count). The quantitative estimate of drug-likeness (QED) is 0.708. The van der Waals surface area contributed by atoms with Gasteiger partial charge in [-0.1, -0.05) is 12.1 Å². The summed E-state index contributed by atoms with van der Waals surface area (Å²) >= 11 is 0. The smallest absolute Gasteiger partial charge is 0.269 e. The number of aromatic nitrogens is 2. The van der Waals surface area contributed by atoms with Crippen LogP contribution in [0.3, 0.4) is 0 Å². The Bertz CT molecular complexity index is 1180. The zero-order valence-electron chi connectivity index (χ0n) is 15.1. The summed E-state index contributed by atoms with van der Waals surface area (Å²) in [5.74, 6) is -1.06. The summed E-state index contributed by atoms with van der Waals surface area (Å²) < 4.78 is 1.52. The van der Waals surface area contributed by atoms with Crippen molar-refractivity contribution in [3.8, 4) is 11.8 Å². The molecule has 2 heterocycles. The molecule has 8 heteroatoms. The summed E-state index contributed by atoms with van der Waals surface area (Å²) in [6.07, 6.45) is 0.295. The van der Waals surface area contributed by atoms with E-state index in [1.165, 1.54) is 9.58 Å². The molecular formula is C20H17N5O3. The zero-order valence-corrected chi connectivity index (χ0v) is 15.1. The molecule has 0 unspecified atom stereocenters. The fourth-order valence-corrected chi connectivity index (χ4v) is 3.58. The highest BCUT2D eigenvalue weighted by Gasteiger charge is 2.45. The maximum atomic E-state index is 12.4. The van der Waals surface area contributed by atoms with Crippen molar-refractivity contribution >= 4 is 22.7 Å². The Hall–Kier alpha value is -3.70. The first kappa shape index (κ1) is 17.7. The van der Waals surface area contributed by atoms with Crippen molar-refractivity contribution in [2.75, 3.05) is 13.6 Å². The van der Waals surface area contributed by atoms with Gasteiger partial charge in [0.15, 0.2) is 11.3 Å². The summed E-state index contributed by atoms with van der Waals surface area (Å²) in [4.78, 5) is 25.7. The second-order valence-corrected chi connectivity index (χ2v) is 6.86. The van der Waals surface area contributed by atoms with E-state index < -0.39 is 11.5 Å². The van der Waals surface area contributed by atoms with Gasteiger partial charge < -0.3 is 15.7 Å². The lowest BCUT2D eigenvalue weighted by Crippen LogP contribution is -2.36. The molecule has 8 nitrogen and oxygen atoms in total. The third kappa shape index (κ3) is 2.52. The summed E-state index contributed by atoms with van der Waals surface area (Å²) in [6.45, 7) is 0.465. The van der Waals surface area contributed by atoms with Crippen LogP contribution in [0.5, 0.6) is 0 Å². The van der Waals surface area contributed by atoms with E-state index in [0.29, 0.717) is 40.7 Å². The van der Waals surface area contributed by atoms with Crippen LogP contribution in [-0.2, 0) is 10.4 Å². The molecule has 0 aliphatic carbocycles. The Kier molecular flexibility index (Phi) is 3.91. The van der Waals surface area contributed by atoms with E-state index in [2.05, 4.69) is 5.10 Å². The van der Waals surface area contributed by atoms with Crippen molar-refractivity contribution in [3.63, 3.8) is 0 Å². The predicted octanol–water partition coefficient (Wildman–Crippen LogP) is 1.05. The Labute approximate surface area is 160 Å². The molecule has 1 aromatic heterocycles. The van der Waals surface area contributed by atoms with Crippen LogP contribution in [0.2, 0.25) is 0 Å². The van der Waals surface area contributed by atoms with Crippen molar-refractivity contribution in [1.29, 1.82) is 5.26 Å². The first-order valence-electron chi connectivity index (χ1n) is 8.66. The number of carbonyl (C=O) groups is 2. The fourth-order valence-electron chi connectivity index (χ4n) is 3.58. The van der Waals surface area contributed by atoms with Crippen molar-refractivity contribution in [1.82, 2.24) is 14.7 Å². The molecular weight excluding hydrogens is 358 g/mol. The lowest BCUT2D eigenvalue weighted by Gasteiger charge is -2.21. The van der Waals surface area contributed by atoms with Gasteiger partial charge in [0.2, 0.25) is 0 Å². The van der Waals surface area contributed by atoms with Gasteiger partial charge in [0.25, 0.3) is 11.8 Å². The summed E-state index contributed by atoms with van der Waals surface area (Å²) in [5, 5.41) is 24.8. The third-order valence-electron chi connectivity index (χ3n) is 5.12. The van der Waals surface area contributed by atoms with Crippen molar-refractivity contribution < 1.29 is 14.7 Å². The Morgan fingerprint density at radius 2 is 2.11 bits per heavy atom. The Morgan fingerprint density at radius 3 is 2.75 bits per heavy atom. The van der Waals surface area contributed by atoms with Gasteiger partial charge in [0.05, 0.1) is 22.8 Å². The Balaban J connectivity index is 1.89. The number of nitrogens with zero attached hydrogens (tertiary/aromatic N) is 4. The van der Waals surface area contributed by atoms with Crippen LogP contribution in [-0.4, -0.2) is 45.2 Å². The molecule has 2 amide bonds. The van der Waals surface area contributed by atoms with E-state index >= 15 is 0 Å². The fraction of sp³-hybridized carbons (Fsp3) is 0.200. The predicted molar refractivity (Wildman–Crippen MR) is 100 cm³/mol.